The van der Waals surface area contributed by atoms with Gasteiger partial charge in [-0.05, 0) is 101 Å². The zero-order valence-electron chi connectivity index (χ0n) is 37.6. The van der Waals surface area contributed by atoms with Crippen LogP contribution in [0.25, 0.3) is 0 Å². The second-order valence-corrected chi connectivity index (χ2v) is 20.0. The lowest BCUT2D eigenvalue weighted by molar-refractivity contribution is -0.321. The summed E-state index contributed by atoms with van der Waals surface area (Å²) in [6.07, 6.45) is 9.32. The molecular weight excluding hydrogens is 801 g/mol. The van der Waals surface area contributed by atoms with Gasteiger partial charge in [0, 0.05) is 38.0 Å². The van der Waals surface area contributed by atoms with E-state index < -0.39 is 71.7 Å². The van der Waals surface area contributed by atoms with Crippen LogP contribution in [0, 0.1) is 17.8 Å². The Balaban J connectivity index is 0.909. The van der Waals surface area contributed by atoms with E-state index in [0.29, 0.717) is 62.0 Å². The largest absolute Gasteiger partial charge is 0.459 e. The van der Waals surface area contributed by atoms with E-state index in [4.69, 9.17) is 37.9 Å². The Labute approximate surface area is 367 Å². The lowest BCUT2D eigenvalue weighted by Crippen LogP contribution is -2.60. The minimum atomic E-state index is -1.87. The van der Waals surface area contributed by atoms with Crippen LogP contribution in [0.4, 0.5) is 0 Å². The number of hydrogen-bond acceptors (Lipinski definition) is 14. The third-order valence-electron chi connectivity index (χ3n) is 14.6. The summed E-state index contributed by atoms with van der Waals surface area (Å²) in [5, 5.41) is 54.6. The van der Waals surface area contributed by atoms with Gasteiger partial charge >= 0.3 is 5.97 Å². The lowest BCUT2D eigenvalue weighted by Gasteiger charge is -2.50. The maximum absolute atomic E-state index is 12.7. The van der Waals surface area contributed by atoms with Crippen LogP contribution < -0.4 is 0 Å². The molecule has 0 saturated carbocycles. The van der Waals surface area contributed by atoms with Crippen LogP contribution in [-0.2, 0) is 42.7 Å². The maximum Gasteiger partial charge on any atom is 0.338 e. The molecule has 17 atom stereocenters. The first kappa shape index (κ1) is 47.9. The number of fused-ring (bicyclic) bond motifs is 1. The molecule has 7 aliphatic heterocycles. The minimum Gasteiger partial charge on any atom is -0.459 e. The van der Waals surface area contributed by atoms with Gasteiger partial charge < -0.3 is 63.4 Å². The van der Waals surface area contributed by atoms with Crippen molar-refractivity contribution in [2.45, 2.75) is 209 Å². The highest BCUT2D eigenvalue weighted by Crippen LogP contribution is 2.47. The summed E-state index contributed by atoms with van der Waals surface area (Å²) in [4.78, 5) is 12.7. The second-order valence-electron chi connectivity index (χ2n) is 20.0. The zero-order chi connectivity index (χ0) is 44.6. The molecule has 0 amide bonds. The molecule has 6 saturated heterocycles. The van der Waals surface area contributed by atoms with Crippen LogP contribution >= 0.6 is 0 Å². The summed E-state index contributed by atoms with van der Waals surface area (Å²) in [5.41, 5.74) is -0.151. The Hall–Kier alpha value is -2.05. The number of carbonyl (C=O) groups is 1. The molecule has 0 aromatic carbocycles. The number of carbonyl (C=O) groups excluding carboxylic acids is 1. The fraction of sp³-hybridized carbons (Fsp3) is 0.812. The van der Waals surface area contributed by atoms with Crippen LogP contribution in [0.2, 0.25) is 0 Å². The number of aliphatic hydroxyl groups excluding tert-OH is 4. The first-order valence-electron chi connectivity index (χ1n) is 23.3. The van der Waals surface area contributed by atoms with Gasteiger partial charge in [-0.2, -0.15) is 0 Å². The molecule has 3 unspecified atom stereocenters. The molecule has 0 aromatic heterocycles. The third-order valence-corrected chi connectivity index (χ3v) is 14.6. The normalized spacial score (nSPS) is 42.6. The predicted octanol–water partition coefficient (Wildman–Crippen LogP) is 5.22. The summed E-state index contributed by atoms with van der Waals surface area (Å²) >= 11 is 0. The molecule has 62 heavy (non-hydrogen) atoms. The Morgan fingerprint density at radius 2 is 1.77 bits per heavy atom. The van der Waals surface area contributed by atoms with Gasteiger partial charge in [-0.1, -0.05) is 51.7 Å². The molecule has 5 N–H and O–H groups in total. The summed E-state index contributed by atoms with van der Waals surface area (Å²) in [5.74, 6) is -3.40. The van der Waals surface area contributed by atoms with Crippen molar-refractivity contribution >= 4 is 5.97 Å². The van der Waals surface area contributed by atoms with Crippen LogP contribution in [0.15, 0.2) is 48.1 Å². The Kier molecular flexibility index (Phi) is 15.0. The molecule has 350 valence electrons. The molecule has 6 fully saturated rings. The van der Waals surface area contributed by atoms with Crippen LogP contribution in [-0.4, -0.2) is 135 Å². The van der Waals surface area contributed by atoms with E-state index in [2.05, 4.69) is 33.1 Å². The van der Waals surface area contributed by atoms with Crippen molar-refractivity contribution in [2.75, 3.05) is 19.8 Å². The van der Waals surface area contributed by atoms with Gasteiger partial charge in [-0.25, -0.2) is 4.79 Å². The van der Waals surface area contributed by atoms with Gasteiger partial charge in [0.1, 0.15) is 31.0 Å². The monoisotopic (exact) mass is 875 g/mol. The summed E-state index contributed by atoms with van der Waals surface area (Å²) in [6.45, 7) is 17.7. The van der Waals surface area contributed by atoms with E-state index in [0.717, 1.165) is 50.7 Å². The van der Waals surface area contributed by atoms with Gasteiger partial charge in [0.15, 0.2) is 17.2 Å². The topological polar surface area (TPSA) is 192 Å². The molecule has 0 bridgehead atoms. The molecule has 14 heteroatoms. The highest BCUT2D eigenvalue weighted by molar-refractivity contribution is 5.78. The fourth-order valence-electron chi connectivity index (χ4n) is 10.9. The third kappa shape index (κ3) is 10.5. The van der Waals surface area contributed by atoms with Gasteiger partial charge in [0.25, 0.3) is 0 Å². The molecule has 3 spiro atoms. The van der Waals surface area contributed by atoms with Crippen LogP contribution in [0.3, 0.4) is 0 Å². The quantitative estimate of drug-likeness (QED) is 0.120. The van der Waals surface area contributed by atoms with E-state index in [1.165, 1.54) is 6.92 Å². The summed E-state index contributed by atoms with van der Waals surface area (Å²) in [6, 6.07) is 0. The van der Waals surface area contributed by atoms with Crippen molar-refractivity contribution in [2.24, 2.45) is 17.8 Å². The highest BCUT2D eigenvalue weighted by atomic mass is 16.7. The van der Waals surface area contributed by atoms with Gasteiger partial charge in [-0.3, -0.25) is 0 Å². The van der Waals surface area contributed by atoms with Crippen molar-refractivity contribution in [3.8, 4) is 0 Å². The maximum atomic E-state index is 12.7. The first-order valence-corrected chi connectivity index (χ1v) is 23.3. The van der Waals surface area contributed by atoms with Crippen LogP contribution in [0.1, 0.15) is 125 Å². The van der Waals surface area contributed by atoms with Crippen molar-refractivity contribution in [1.29, 1.82) is 0 Å². The first-order chi connectivity index (χ1) is 29.4. The Bertz CT molecular complexity index is 1650. The lowest BCUT2D eigenvalue weighted by atomic mass is 9.79. The summed E-state index contributed by atoms with van der Waals surface area (Å²) < 4.78 is 50.7. The van der Waals surface area contributed by atoms with E-state index in [1.807, 2.05) is 26.0 Å². The van der Waals surface area contributed by atoms with Gasteiger partial charge in [0.05, 0.1) is 49.8 Å². The van der Waals surface area contributed by atoms with Crippen molar-refractivity contribution in [1.82, 2.24) is 0 Å². The fourth-order valence-corrected chi connectivity index (χ4v) is 10.9. The molecular formula is C48H74O14. The van der Waals surface area contributed by atoms with Crippen molar-refractivity contribution in [3.63, 3.8) is 0 Å². The Morgan fingerprint density at radius 3 is 2.52 bits per heavy atom. The molecule has 14 nitrogen and oxygen atoms in total. The molecule has 7 aliphatic rings. The van der Waals surface area contributed by atoms with Gasteiger partial charge in [0.2, 0.25) is 5.79 Å². The average molecular weight is 875 g/mol. The highest BCUT2D eigenvalue weighted by Gasteiger charge is 2.55. The number of rotatable bonds is 13. The predicted molar refractivity (Wildman–Crippen MR) is 227 cm³/mol. The van der Waals surface area contributed by atoms with Crippen LogP contribution in [0.5, 0.6) is 0 Å². The molecule has 0 aliphatic carbocycles. The number of esters is 1. The molecule has 0 radical (unpaired) electrons. The summed E-state index contributed by atoms with van der Waals surface area (Å²) in [7, 11) is 0. The minimum absolute atomic E-state index is 0.0452. The van der Waals surface area contributed by atoms with Crippen molar-refractivity contribution < 1.29 is 68.2 Å². The Morgan fingerprint density at radius 1 is 1.02 bits per heavy atom. The van der Waals surface area contributed by atoms with E-state index in [1.54, 1.807) is 0 Å². The molecule has 0 aromatic rings. The van der Waals surface area contributed by atoms with E-state index in [-0.39, 0.29) is 49.8 Å². The second kappa shape index (κ2) is 19.4. The number of aliphatic hydroxyl groups is 5. The van der Waals surface area contributed by atoms with E-state index in [9.17, 15) is 30.3 Å². The smallest absolute Gasteiger partial charge is 0.338 e. The zero-order valence-corrected chi connectivity index (χ0v) is 37.6. The standard InChI is InChI=1S/C48H74O14/c1-28-22-38(60-48(24-28)39(51)13-12-35(59-48)25-45(7,54)44(53)55-27-29(2)26-49)30(3)10-11-34-15-19-47(58-34)20-16-37-43(62-47)40(52)33(6)42(57-37)36(50)23-32(5)41-31(4)14-18-46(61-41)17-8-9-21-56-46/h10-11,24,30-32,34-43,49-52,54H,2,6,8-9,12-23,25-27H2,1,3-5,7H3/b11-10+/t30-,31-,32+,34-,35+,36+,37?,38+,39-,40-,41?,42+,43?,45-,46+,47-,48-/m1/s1. The number of hydrogen-bond donors (Lipinski definition) is 5. The number of ether oxygens (including phenoxy) is 8. The van der Waals surface area contributed by atoms with E-state index >= 15 is 0 Å². The van der Waals surface area contributed by atoms with Gasteiger partial charge in [-0.15, -0.1) is 0 Å². The molecule has 7 heterocycles. The molecule has 7 rings (SSSR count). The average Bonchev–Trinajstić information content (AvgIpc) is 3.64. The van der Waals surface area contributed by atoms with Crippen molar-refractivity contribution in [3.05, 3.63) is 48.1 Å². The SMILES string of the molecule is C=C(CO)COC(=O)[C@](C)(O)C[C@@H]1CC[C@@H](O)[C@]2(C=C(C)C[C@@H]([C@H](C)/C=C/[C@@H]3CC[C@@]4(CCC5O[C@H]([C@@H](O)C[C@H](C)C6O[C@@]7(CCCCO7)CC[C@H]6C)C(=C)[C@@H](O)C5O4)O3)O2)O1.